The molecule has 1 aromatic heterocycles. The van der Waals surface area contributed by atoms with Crippen molar-refractivity contribution in [1.29, 1.82) is 0 Å². The Bertz CT molecular complexity index is 483. The highest BCUT2D eigenvalue weighted by molar-refractivity contribution is 5.79. The maximum Gasteiger partial charge on any atom is 0.328 e. The van der Waals surface area contributed by atoms with Crippen molar-refractivity contribution >= 4 is 16.9 Å². The first-order chi connectivity index (χ1) is 7.59. The standard InChI is InChI=1S/C12H14N2O2/c1-8(2)11(12(15)16)14-7-9-5-3-4-6-10(9)13-14/h3-8,11H,1-2H3,(H,15,16). The Morgan fingerprint density at radius 2 is 2.06 bits per heavy atom. The van der Waals surface area contributed by atoms with Crippen LogP contribution in [-0.2, 0) is 4.79 Å². The van der Waals surface area contributed by atoms with Gasteiger partial charge in [-0.2, -0.15) is 5.10 Å². The van der Waals surface area contributed by atoms with Crippen LogP contribution in [0, 0.1) is 5.92 Å². The Labute approximate surface area is 93.5 Å². The summed E-state index contributed by atoms with van der Waals surface area (Å²) in [6.45, 7) is 3.76. The molecule has 0 fully saturated rings. The van der Waals surface area contributed by atoms with Gasteiger partial charge in [-0.05, 0) is 12.0 Å². The van der Waals surface area contributed by atoms with E-state index in [0.717, 1.165) is 10.9 Å². The van der Waals surface area contributed by atoms with E-state index in [2.05, 4.69) is 5.10 Å². The van der Waals surface area contributed by atoms with Crippen LogP contribution in [0.25, 0.3) is 10.9 Å². The van der Waals surface area contributed by atoms with Crippen LogP contribution in [0.2, 0.25) is 0 Å². The average Bonchev–Trinajstić information content (AvgIpc) is 2.58. The number of benzene rings is 1. The third kappa shape index (κ3) is 1.78. The first-order valence-corrected chi connectivity index (χ1v) is 5.26. The van der Waals surface area contributed by atoms with E-state index in [-0.39, 0.29) is 5.92 Å². The van der Waals surface area contributed by atoms with Gasteiger partial charge in [-0.3, -0.25) is 4.68 Å². The summed E-state index contributed by atoms with van der Waals surface area (Å²) in [6, 6.07) is 7.01. The molecule has 1 atom stereocenters. The molecule has 4 heteroatoms. The maximum absolute atomic E-state index is 11.2. The van der Waals surface area contributed by atoms with Gasteiger partial charge in [-0.1, -0.05) is 32.0 Å². The van der Waals surface area contributed by atoms with Crippen LogP contribution in [0.3, 0.4) is 0 Å². The highest BCUT2D eigenvalue weighted by atomic mass is 16.4. The molecule has 0 spiro atoms. The van der Waals surface area contributed by atoms with Crippen LogP contribution in [-0.4, -0.2) is 20.9 Å². The van der Waals surface area contributed by atoms with Gasteiger partial charge >= 0.3 is 5.97 Å². The van der Waals surface area contributed by atoms with Crippen LogP contribution in [0.15, 0.2) is 30.5 Å². The van der Waals surface area contributed by atoms with Crippen LogP contribution >= 0.6 is 0 Å². The predicted molar refractivity (Wildman–Crippen MR) is 61.2 cm³/mol. The van der Waals surface area contributed by atoms with E-state index in [1.54, 1.807) is 6.20 Å². The lowest BCUT2D eigenvalue weighted by molar-refractivity contribution is -0.142. The van der Waals surface area contributed by atoms with E-state index in [1.165, 1.54) is 4.68 Å². The van der Waals surface area contributed by atoms with Gasteiger partial charge in [0.25, 0.3) is 0 Å². The summed E-state index contributed by atoms with van der Waals surface area (Å²) in [5.74, 6) is -0.838. The van der Waals surface area contributed by atoms with E-state index >= 15 is 0 Å². The second-order valence-electron chi connectivity index (χ2n) is 4.20. The molecular weight excluding hydrogens is 204 g/mol. The molecule has 0 aliphatic rings. The molecule has 4 nitrogen and oxygen atoms in total. The fourth-order valence-electron chi connectivity index (χ4n) is 1.83. The summed E-state index contributed by atoms with van der Waals surface area (Å²) >= 11 is 0. The Hall–Kier alpha value is -1.84. The summed E-state index contributed by atoms with van der Waals surface area (Å²) in [7, 11) is 0. The molecule has 1 unspecified atom stereocenters. The monoisotopic (exact) mass is 218 g/mol. The van der Waals surface area contributed by atoms with Crippen LogP contribution in [0.4, 0.5) is 0 Å². The summed E-state index contributed by atoms with van der Waals surface area (Å²) in [5.41, 5.74) is 0.828. The van der Waals surface area contributed by atoms with Crippen molar-refractivity contribution in [2.45, 2.75) is 19.9 Å². The van der Waals surface area contributed by atoms with Gasteiger partial charge in [-0.15, -0.1) is 0 Å². The van der Waals surface area contributed by atoms with E-state index in [9.17, 15) is 4.79 Å². The Kier molecular flexibility index (Phi) is 2.64. The second kappa shape index (κ2) is 3.96. The molecule has 1 N–H and O–H groups in total. The van der Waals surface area contributed by atoms with E-state index < -0.39 is 12.0 Å². The minimum atomic E-state index is -0.845. The summed E-state index contributed by atoms with van der Waals surface area (Å²) in [4.78, 5) is 11.2. The van der Waals surface area contributed by atoms with Gasteiger partial charge < -0.3 is 5.11 Å². The summed E-state index contributed by atoms with van der Waals surface area (Å²) in [5, 5.41) is 14.4. The number of nitrogens with zero attached hydrogens (tertiary/aromatic N) is 2. The molecule has 0 radical (unpaired) electrons. The molecule has 2 aromatic rings. The van der Waals surface area contributed by atoms with Crippen LogP contribution < -0.4 is 0 Å². The van der Waals surface area contributed by atoms with Gasteiger partial charge in [0.2, 0.25) is 0 Å². The highest BCUT2D eigenvalue weighted by Crippen LogP contribution is 2.20. The van der Waals surface area contributed by atoms with Crippen LogP contribution in [0.5, 0.6) is 0 Å². The molecule has 2 rings (SSSR count). The van der Waals surface area contributed by atoms with Crippen molar-refractivity contribution in [2.24, 2.45) is 5.92 Å². The third-order valence-corrected chi connectivity index (χ3v) is 2.60. The maximum atomic E-state index is 11.2. The van der Waals surface area contributed by atoms with Crippen molar-refractivity contribution in [3.8, 4) is 0 Å². The first-order valence-electron chi connectivity index (χ1n) is 5.26. The van der Waals surface area contributed by atoms with Crippen molar-refractivity contribution in [3.05, 3.63) is 30.5 Å². The lowest BCUT2D eigenvalue weighted by Gasteiger charge is -2.16. The molecule has 0 saturated heterocycles. The largest absolute Gasteiger partial charge is 0.480 e. The minimum absolute atomic E-state index is 0.00631. The van der Waals surface area contributed by atoms with Gasteiger partial charge in [0.15, 0.2) is 6.04 Å². The normalized spacial score (nSPS) is 13.2. The lowest BCUT2D eigenvalue weighted by Crippen LogP contribution is -2.24. The fourth-order valence-corrected chi connectivity index (χ4v) is 1.83. The molecular formula is C12H14N2O2. The zero-order valence-corrected chi connectivity index (χ0v) is 9.29. The zero-order valence-electron chi connectivity index (χ0n) is 9.29. The van der Waals surface area contributed by atoms with E-state index in [4.69, 9.17) is 5.11 Å². The second-order valence-corrected chi connectivity index (χ2v) is 4.20. The average molecular weight is 218 g/mol. The number of hydrogen-bond acceptors (Lipinski definition) is 2. The fraction of sp³-hybridized carbons (Fsp3) is 0.333. The summed E-state index contributed by atoms with van der Waals surface area (Å²) in [6.07, 6.45) is 1.79. The number of aromatic nitrogens is 2. The van der Waals surface area contributed by atoms with Gasteiger partial charge in [0.1, 0.15) is 0 Å². The molecule has 0 amide bonds. The van der Waals surface area contributed by atoms with E-state index in [1.807, 2.05) is 38.1 Å². The Balaban J connectivity index is 2.49. The molecule has 16 heavy (non-hydrogen) atoms. The highest BCUT2D eigenvalue weighted by Gasteiger charge is 2.24. The number of carbonyl (C=O) groups is 1. The quantitative estimate of drug-likeness (QED) is 0.860. The molecule has 1 heterocycles. The zero-order chi connectivity index (χ0) is 11.7. The third-order valence-electron chi connectivity index (χ3n) is 2.60. The molecule has 0 saturated carbocycles. The van der Waals surface area contributed by atoms with Crippen molar-refractivity contribution in [1.82, 2.24) is 9.78 Å². The van der Waals surface area contributed by atoms with Gasteiger partial charge in [0, 0.05) is 11.6 Å². The van der Waals surface area contributed by atoms with Gasteiger partial charge in [0.05, 0.1) is 5.52 Å². The SMILES string of the molecule is CC(C)C(C(=O)O)n1cc2ccccc2n1. The first kappa shape index (κ1) is 10.7. The van der Waals surface area contributed by atoms with Crippen molar-refractivity contribution in [2.75, 3.05) is 0 Å². The predicted octanol–water partition coefficient (Wildman–Crippen LogP) is 2.32. The lowest BCUT2D eigenvalue weighted by atomic mass is 10.1. The van der Waals surface area contributed by atoms with E-state index in [0.29, 0.717) is 0 Å². The Morgan fingerprint density at radius 3 is 2.62 bits per heavy atom. The number of fused-ring (bicyclic) bond motifs is 1. The van der Waals surface area contributed by atoms with Crippen LogP contribution in [0.1, 0.15) is 19.9 Å². The minimum Gasteiger partial charge on any atom is -0.480 e. The number of carboxylic acids is 1. The van der Waals surface area contributed by atoms with Crippen molar-refractivity contribution < 1.29 is 9.90 Å². The molecule has 0 bridgehead atoms. The summed E-state index contributed by atoms with van der Waals surface area (Å²) < 4.78 is 1.54. The van der Waals surface area contributed by atoms with Crippen molar-refractivity contribution in [3.63, 3.8) is 0 Å². The molecule has 84 valence electrons. The number of carboxylic acid groups (broad SMARTS) is 1. The molecule has 1 aromatic carbocycles. The Morgan fingerprint density at radius 1 is 1.38 bits per heavy atom. The smallest absolute Gasteiger partial charge is 0.328 e. The number of hydrogen-bond donors (Lipinski definition) is 1. The number of aliphatic carboxylic acids is 1. The number of rotatable bonds is 3. The molecule has 0 aliphatic carbocycles. The topological polar surface area (TPSA) is 55.1 Å². The van der Waals surface area contributed by atoms with Gasteiger partial charge in [-0.25, -0.2) is 4.79 Å². The molecule has 0 aliphatic heterocycles.